The SMILES string of the molecule is CCCCC(N)c1csc2ccccc12. The number of benzene rings is 1. The zero-order valence-corrected chi connectivity index (χ0v) is 9.89. The molecule has 1 heterocycles. The molecule has 0 fully saturated rings. The van der Waals surface area contributed by atoms with Crippen molar-refractivity contribution in [3.8, 4) is 0 Å². The number of hydrogen-bond donors (Lipinski definition) is 1. The molecule has 0 saturated heterocycles. The number of rotatable bonds is 4. The summed E-state index contributed by atoms with van der Waals surface area (Å²) < 4.78 is 1.35. The maximum atomic E-state index is 6.20. The molecule has 0 spiro atoms. The maximum absolute atomic E-state index is 6.20. The summed E-state index contributed by atoms with van der Waals surface area (Å²) in [4.78, 5) is 0. The second kappa shape index (κ2) is 4.77. The highest BCUT2D eigenvalue weighted by atomic mass is 32.1. The highest BCUT2D eigenvalue weighted by molar-refractivity contribution is 7.17. The van der Waals surface area contributed by atoms with E-state index in [1.165, 1.54) is 28.5 Å². The molecule has 2 rings (SSSR count). The van der Waals surface area contributed by atoms with Crippen molar-refractivity contribution >= 4 is 21.4 Å². The molecule has 1 nitrogen and oxygen atoms in total. The van der Waals surface area contributed by atoms with E-state index in [4.69, 9.17) is 5.73 Å². The standard InChI is InChI=1S/C13H17NS/c1-2-3-7-12(14)11-9-15-13-8-5-4-6-10(11)13/h4-6,8-9,12H,2-3,7,14H2,1H3. The van der Waals surface area contributed by atoms with Gasteiger partial charge < -0.3 is 5.73 Å². The lowest BCUT2D eigenvalue weighted by Gasteiger charge is -2.09. The zero-order chi connectivity index (χ0) is 10.7. The third-order valence-electron chi connectivity index (χ3n) is 2.78. The summed E-state index contributed by atoms with van der Waals surface area (Å²) in [6.45, 7) is 2.21. The third-order valence-corrected chi connectivity index (χ3v) is 3.76. The van der Waals surface area contributed by atoms with Gasteiger partial charge in [0.15, 0.2) is 0 Å². The summed E-state index contributed by atoms with van der Waals surface area (Å²) in [6, 6.07) is 8.72. The van der Waals surface area contributed by atoms with Crippen LogP contribution >= 0.6 is 11.3 Å². The highest BCUT2D eigenvalue weighted by Crippen LogP contribution is 2.30. The van der Waals surface area contributed by atoms with Crippen LogP contribution in [-0.4, -0.2) is 0 Å². The topological polar surface area (TPSA) is 26.0 Å². The summed E-state index contributed by atoms with van der Waals surface area (Å²) in [6.07, 6.45) is 3.53. The lowest BCUT2D eigenvalue weighted by atomic mass is 10.0. The molecule has 0 radical (unpaired) electrons. The predicted molar refractivity (Wildman–Crippen MR) is 68.3 cm³/mol. The molecule has 2 heteroatoms. The minimum absolute atomic E-state index is 0.209. The Labute approximate surface area is 94.9 Å². The highest BCUT2D eigenvalue weighted by Gasteiger charge is 2.10. The van der Waals surface area contributed by atoms with E-state index >= 15 is 0 Å². The van der Waals surface area contributed by atoms with Gasteiger partial charge in [0, 0.05) is 10.7 Å². The molecule has 1 atom stereocenters. The minimum Gasteiger partial charge on any atom is -0.324 e. The van der Waals surface area contributed by atoms with Crippen LogP contribution in [0, 0.1) is 0 Å². The van der Waals surface area contributed by atoms with Gasteiger partial charge in [-0.1, -0.05) is 38.0 Å². The molecular formula is C13H17NS. The number of nitrogens with two attached hydrogens (primary N) is 1. The molecule has 1 aromatic heterocycles. The Bertz CT molecular complexity index is 433. The van der Waals surface area contributed by atoms with Crippen molar-refractivity contribution in [1.29, 1.82) is 0 Å². The van der Waals surface area contributed by atoms with Crippen molar-refractivity contribution in [3.05, 3.63) is 35.2 Å². The molecule has 0 aliphatic carbocycles. The van der Waals surface area contributed by atoms with Crippen LogP contribution in [0.3, 0.4) is 0 Å². The average Bonchev–Trinajstić information content (AvgIpc) is 2.69. The van der Waals surface area contributed by atoms with Crippen molar-refractivity contribution in [2.24, 2.45) is 5.73 Å². The Kier molecular flexibility index (Phi) is 3.39. The Morgan fingerprint density at radius 1 is 1.33 bits per heavy atom. The summed E-state index contributed by atoms with van der Waals surface area (Å²) in [5, 5.41) is 3.55. The fraction of sp³-hybridized carbons (Fsp3) is 0.385. The lowest BCUT2D eigenvalue weighted by molar-refractivity contribution is 0.608. The number of fused-ring (bicyclic) bond motifs is 1. The first-order chi connectivity index (χ1) is 7.33. The van der Waals surface area contributed by atoms with Crippen LogP contribution in [0.2, 0.25) is 0 Å². The Hall–Kier alpha value is -0.860. The fourth-order valence-electron chi connectivity index (χ4n) is 1.87. The van der Waals surface area contributed by atoms with Crippen LogP contribution in [0.1, 0.15) is 37.8 Å². The second-order valence-corrected chi connectivity index (χ2v) is 4.85. The van der Waals surface area contributed by atoms with Crippen LogP contribution in [0.15, 0.2) is 29.6 Å². The molecule has 0 bridgehead atoms. The fourth-order valence-corrected chi connectivity index (χ4v) is 2.89. The maximum Gasteiger partial charge on any atom is 0.0346 e. The van der Waals surface area contributed by atoms with Crippen LogP contribution < -0.4 is 5.73 Å². The van der Waals surface area contributed by atoms with E-state index in [0.717, 1.165) is 6.42 Å². The van der Waals surface area contributed by atoms with Crippen LogP contribution in [0.4, 0.5) is 0 Å². The molecule has 1 aromatic carbocycles. The van der Waals surface area contributed by atoms with Crippen LogP contribution in [0.5, 0.6) is 0 Å². The predicted octanol–water partition coefficient (Wildman–Crippen LogP) is 4.09. The van der Waals surface area contributed by atoms with E-state index in [-0.39, 0.29) is 6.04 Å². The second-order valence-electron chi connectivity index (χ2n) is 3.94. The quantitative estimate of drug-likeness (QED) is 0.823. The molecule has 0 aliphatic heterocycles. The molecule has 1 unspecified atom stereocenters. The smallest absolute Gasteiger partial charge is 0.0346 e. The van der Waals surface area contributed by atoms with Gasteiger partial charge in [0.05, 0.1) is 0 Å². The summed E-state index contributed by atoms with van der Waals surface area (Å²) >= 11 is 1.80. The first kappa shape index (κ1) is 10.7. The van der Waals surface area contributed by atoms with E-state index < -0.39 is 0 Å². The van der Waals surface area contributed by atoms with Gasteiger partial charge in [-0.3, -0.25) is 0 Å². The molecule has 0 amide bonds. The van der Waals surface area contributed by atoms with Gasteiger partial charge in [-0.15, -0.1) is 11.3 Å². The van der Waals surface area contributed by atoms with Crippen LogP contribution in [0.25, 0.3) is 10.1 Å². The van der Waals surface area contributed by atoms with E-state index in [2.05, 4.69) is 36.6 Å². The first-order valence-corrected chi connectivity index (χ1v) is 6.42. The molecule has 15 heavy (non-hydrogen) atoms. The third kappa shape index (κ3) is 2.21. The van der Waals surface area contributed by atoms with E-state index in [1.54, 1.807) is 11.3 Å². The van der Waals surface area contributed by atoms with Crippen LogP contribution in [-0.2, 0) is 0 Å². The Morgan fingerprint density at radius 3 is 2.93 bits per heavy atom. The monoisotopic (exact) mass is 219 g/mol. The number of unbranched alkanes of at least 4 members (excludes halogenated alkanes) is 1. The van der Waals surface area contributed by atoms with Gasteiger partial charge >= 0.3 is 0 Å². The molecule has 0 saturated carbocycles. The average molecular weight is 219 g/mol. The molecular weight excluding hydrogens is 202 g/mol. The minimum atomic E-state index is 0.209. The van der Waals surface area contributed by atoms with Crippen molar-refractivity contribution in [2.45, 2.75) is 32.2 Å². The molecule has 0 aliphatic rings. The van der Waals surface area contributed by atoms with Crippen molar-refractivity contribution in [2.75, 3.05) is 0 Å². The first-order valence-electron chi connectivity index (χ1n) is 5.54. The van der Waals surface area contributed by atoms with Crippen molar-refractivity contribution in [1.82, 2.24) is 0 Å². The van der Waals surface area contributed by atoms with E-state index in [1.807, 2.05) is 0 Å². The molecule has 2 N–H and O–H groups in total. The van der Waals surface area contributed by atoms with Gasteiger partial charge in [-0.2, -0.15) is 0 Å². The van der Waals surface area contributed by atoms with Gasteiger partial charge in [-0.25, -0.2) is 0 Å². The van der Waals surface area contributed by atoms with Crippen molar-refractivity contribution < 1.29 is 0 Å². The number of hydrogen-bond acceptors (Lipinski definition) is 2. The zero-order valence-electron chi connectivity index (χ0n) is 9.07. The van der Waals surface area contributed by atoms with E-state index in [9.17, 15) is 0 Å². The normalized spacial score (nSPS) is 13.2. The molecule has 80 valence electrons. The number of thiophene rings is 1. The summed E-state index contributed by atoms with van der Waals surface area (Å²) in [5.74, 6) is 0. The largest absolute Gasteiger partial charge is 0.324 e. The van der Waals surface area contributed by atoms with Gasteiger partial charge in [0.1, 0.15) is 0 Å². The molecule has 2 aromatic rings. The van der Waals surface area contributed by atoms with Gasteiger partial charge in [0.25, 0.3) is 0 Å². The summed E-state index contributed by atoms with van der Waals surface area (Å²) in [5.41, 5.74) is 7.52. The lowest BCUT2D eigenvalue weighted by Crippen LogP contribution is -2.09. The van der Waals surface area contributed by atoms with Gasteiger partial charge in [-0.05, 0) is 28.8 Å². The summed E-state index contributed by atoms with van der Waals surface area (Å²) in [7, 11) is 0. The Balaban J connectivity index is 2.27. The van der Waals surface area contributed by atoms with Crippen molar-refractivity contribution in [3.63, 3.8) is 0 Å². The van der Waals surface area contributed by atoms with Gasteiger partial charge in [0.2, 0.25) is 0 Å². The Morgan fingerprint density at radius 2 is 2.13 bits per heavy atom. The van der Waals surface area contributed by atoms with E-state index in [0.29, 0.717) is 0 Å².